The highest BCUT2D eigenvalue weighted by Crippen LogP contribution is 2.30. The Hall–Kier alpha value is -3.61. The number of hydrogen-bond donors (Lipinski definition) is 1. The summed E-state index contributed by atoms with van der Waals surface area (Å²) in [6.45, 7) is 0.526. The predicted molar refractivity (Wildman–Crippen MR) is 121 cm³/mol. The van der Waals surface area contributed by atoms with Crippen LogP contribution in [0.25, 0.3) is 11.3 Å². The number of likely N-dealkylation sites (N-methyl/N-ethyl adjacent to an activating group) is 1. The highest BCUT2D eigenvalue weighted by atomic mass is 16.5. The lowest BCUT2D eigenvalue weighted by atomic mass is 10.1. The molecule has 32 heavy (non-hydrogen) atoms. The predicted octanol–water partition coefficient (Wildman–Crippen LogP) is 4.16. The quantitative estimate of drug-likeness (QED) is 0.519. The number of nitrogens with one attached hydrogen (secondary N) is 1. The van der Waals surface area contributed by atoms with Crippen molar-refractivity contribution in [3.8, 4) is 17.0 Å². The number of anilines is 1. The summed E-state index contributed by atoms with van der Waals surface area (Å²) < 4.78 is 11.0. The number of amides is 2. The lowest BCUT2D eigenvalue weighted by molar-refractivity contribution is -0.132. The first-order valence-corrected chi connectivity index (χ1v) is 10.9. The first-order chi connectivity index (χ1) is 15.6. The summed E-state index contributed by atoms with van der Waals surface area (Å²) in [5, 5.41) is 7.00. The third kappa shape index (κ3) is 5.97. The number of nitrogens with zero attached hydrogens (tertiary/aromatic N) is 2. The van der Waals surface area contributed by atoms with Gasteiger partial charge in [-0.05, 0) is 31.4 Å². The van der Waals surface area contributed by atoms with Gasteiger partial charge in [-0.25, -0.2) is 0 Å². The van der Waals surface area contributed by atoms with E-state index in [1.54, 1.807) is 30.1 Å². The van der Waals surface area contributed by atoms with Gasteiger partial charge in [-0.15, -0.1) is 0 Å². The Kier molecular flexibility index (Phi) is 6.84. The second-order valence-corrected chi connectivity index (χ2v) is 8.04. The fourth-order valence-electron chi connectivity index (χ4n) is 3.30. The third-order valence-corrected chi connectivity index (χ3v) is 5.38. The maximum atomic E-state index is 12.4. The van der Waals surface area contributed by atoms with Crippen molar-refractivity contribution in [3.63, 3.8) is 0 Å². The number of aromatic nitrogens is 1. The number of ether oxygens (including phenoxy) is 1. The number of carbonyl (C=O) groups is 2. The fourth-order valence-corrected chi connectivity index (χ4v) is 3.30. The molecule has 1 heterocycles. The van der Waals surface area contributed by atoms with Crippen molar-refractivity contribution in [1.29, 1.82) is 0 Å². The summed E-state index contributed by atoms with van der Waals surface area (Å²) in [6, 6.07) is 18.9. The zero-order valence-electron chi connectivity index (χ0n) is 18.1. The molecule has 2 aromatic carbocycles. The highest BCUT2D eigenvalue weighted by molar-refractivity contribution is 5.94. The van der Waals surface area contributed by atoms with E-state index in [-0.39, 0.29) is 24.3 Å². The van der Waals surface area contributed by atoms with E-state index < -0.39 is 0 Å². The molecule has 0 spiro atoms. The monoisotopic (exact) mass is 433 g/mol. The van der Waals surface area contributed by atoms with Gasteiger partial charge < -0.3 is 19.5 Å². The summed E-state index contributed by atoms with van der Waals surface area (Å²) >= 11 is 0. The first kappa shape index (κ1) is 21.6. The summed E-state index contributed by atoms with van der Waals surface area (Å²) in [5.41, 5.74) is 2.51. The Labute approximate surface area is 187 Å². The Morgan fingerprint density at radius 1 is 1.12 bits per heavy atom. The van der Waals surface area contributed by atoms with Crippen molar-refractivity contribution in [2.24, 2.45) is 5.92 Å². The molecule has 1 aliphatic rings. The molecule has 166 valence electrons. The molecule has 0 radical (unpaired) electrons. The number of aryl methyl sites for hydroxylation is 1. The fraction of sp³-hybridized carbons (Fsp3) is 0.320. The molecule has 1 saturated carbocycles. The average Bonchev–Trinajstić information content (AvgIpc) is 3.57. The topological polar surface area (TPSA) is 84.7 Å². The molecular formula is C25H27N3O4. The maximum absolute atomic E-state index is 12.4. The highest BCUT2D eigenvalue weighted by Gasteiger charge is 2.29. The summed E-state index contributed by atoms with van der Waals surface area (Å²) in [5.74, 6) is 1.42. The van der Waals surface area contributed by atoms with E-state index in [2.05, 4.69) is 10.5 Å². The zero-order chi connectivity index (χ0) is 22.3. The number of hydrogen-bond acceptors (Lipinski definition) is 5. The first-order valence-electron chi connectivity index (χ1n) is 10.9. The minimum Gasteiger partial charge on any atom is -0.484 e. The maximum Gasteiger partial charge on any atom is 0.260 e. The van der Waals surface area contributed by atoms with Crippen LogP contribution in [0, 0.1) is 5.92 Å². The van der Waals surface area contributed by atoms with E-state index in [1.807, 2.05) is 42.5 Å². The molecule has 1 fully saturated rings. The molecule has 3 aromatic rings. The van der Waals surface area contributed by atoms with Crippen molar-refractivity contribution < 1.29 is 18.8 Å². The molecular weight excluding hydrogens is 406 g/mol. The molecule has 0 unspecified atom stereocenters. The molecule has 7 nitrogen and oxygen atoms in total. The molecule has 2 amide bonds. The largest absolute Gasteiger partial charge is 0.484 e. The van der Waals surface area contributed by atoms with E-state index >= 15 is 0 Å². The molecule has 4 rings (SSSR count). The molecule has 0 atom stereocenters. The van der Waals surface area contributed by atoms with Crippen molar-refractivity contribution in [3.05, 3.63) is 66.4 Å². The Balaban J connectivity index is 1.19. The minimum atomic E-state index is -0.111. The molecule has 7 heteroatoms. The summed E-state index contributed by atoms with van der Waals surface area (Å²) in [4.78, 5) is 25.9. The Morgan fingerprint density at radius 3 is 2.72 bits per heavy atom. The van der Waals surface area contributed by atoms with Crippen LogP contribution in [-0.4, -0.2) is 42.1 Å². The molecule has 1 aliphatic carbocycles. The van der Waals surface area contributed by atoms with Crippen LogP contribution in [0.15, 0.2) is 65.2 Å². The van der Waals surface area contributed by atoms with Crippen LogP contribution in [0.3, 0.4) is 0 Å². The lowest BCUT2D eigenvalue weighted by Gasteiger charge is -2.17. The summed E-state index contributed by atoms with van der Waals surface area (Å²) in [6.07, 6.45) is 3.36. The van der Waals surface area contributed by atoms with Crippen LogP contribution < -0.4 is 10.1 Å². The van der Waals surface area contributed by atoms with Crippen molar-refractivity contribution in [2.45, 2.75) is 25.7 Å². The molecule has 0 aliphatic heterocycles. The number of rotatable bonds is 10. The molecule has 1 N–H and O–H groups in total. The second-order valence-electron chi connectivity index (χ2n) is 8.04. The second kappa shape index (κ2) is 10.1. The minimum absolute atomic E-state index is 0.0422. The van der Waals surface area contributed by atoms with Gasteiger partial charge >= 0.3 is 0 Å². The van der Waals surface area contributed by atoms with Gasteiger partial charge in [0.15, 0.2) is 6.61 Å². The molecule has 0 bridgehead atoms. The third-order valence-electron chi connectivity index (χ3n) is 5.38. The van der Waals surface area contributed by atoms with Crippen LogP contribution in [0.5, 0.6) is 5.75 Å². The van der Waals surface area contributed by atoms with Gasteiger partial charge in [-0.2, -0.15) is 0 Å². The Bertz CT molecular complexity index is 1060. The van der Waals surface area contributed by atoms with Crippen LogP contribution in [0.2, 0.25) is 0 Å². The average molecular weight is 434 g/mol. The van der Waals surface area contributed by atoms with Crippen LogP contribution in [0.4, 0.5) is 5.69 Å². The summed E-state index contributed by atoms with van der Waals surface area (Å²) in [7, 11) is 1.76. The van der Waals surface area contributed by atoms with E-state index in [0.29, 0.717) is 24.4 Å². The lowest BCUT2D eigenvalue weighted by Crippen LogP contribution is -2.32. The zero-order valence-corrected chi connectivity index (χ0v) is 18.1. The van der Waals surface area contributed by atoms with Gasteiger partial charge in [0.25, 0.3) is 5.91 Å². The van der Waals surface area contributed by atoms with Crippen LogP contribution in [-0.2, 0) is 16.0 Å². The van der Waals surface area contributed by atoms with E-state index in [1.165, 1.54) is 0 Å². The smallest absolute Gasteiger partial charge is 0.260 e. The van der Waals surface area contributed by atoms with E-state index in [4.69, 9.17) is 9.26 Å². The standard InChI is InChI=1S/C25H27N3O4/c1-28(14-6-11-22-16-23(27-32-22)18-7-3-2-4-8-18)24(29)17-31-21-10-5-9-20(15-21)26-25(30)19-12-13-19/h2-5,7-10,15-16,19H,6,11-14,17H2,1H3,(H,26,30). The van der Waals surface area contributed by atoms with Crippen molar-refractivity contribution in [1.82, 2.24) is 10.1 Å². The van der Waals surface area contributed by atoms with E-state index in [9.17, 15) is 9.59 Å². The van der Waals surface area contributed by atoms with Gasteiger partial charge in [0, 0.05) is 49.3 Å². The van der Waals surface area contributed by atoms with Crippen LogP contribution in [0.1, 0.15) is 25.0 Å². The van der Waals surface area contributed by atoms with E-state index in [0.717, 1.165) is 36.3 Å². The van der Waals surface area contributed by atoms with Gasteiger partial charge in [0.2, 0.25) is 5.91 Å². The SMILES string of the molecule is CN(CCCc1cc(-c2ccccc2)no1)C(=O)COc1cccc(NC(=O)C2CC2)c1. The van der Waals surface area contributed by atoms with Gasteiger partial charge in [-0.1, -0.05) is 41.6 Å². The number of benzene rings is 2. The van der Waals surface area contributed by atoms with Crippen molar-refractivity contribution >= 4 is 17.5 Å². The van der Waals surface area contributed by atoms with Gasteiger partial charge in [-0.3, -0.25) is 9.59 Å². The van der Waals surface area contributed by atoms with Crippen LogP contribution >= 0.6 is 0 Å². The molecule has 0 saturated heterocycles. The van der Waals surface area contributed by atoms with Gasteiger partial charge in [0.1, 0.15) is 17.2 Å². The Morgan fingerprint density at radius 2 is 1.94 bits per heavy atom. The number of carbonyl (C=O) groups excluding carboxylic acids is 2. The van der Waals surface area contributed by atoms with Gasteiger partial charge in [0.05, 0.1) is 0 Å². The molecule has 1 aromatic heterocycles. The van der Waals surface area contributed by atoms with Crippen molar-refractivity contribution in [2.75, 3.05) is 25.5 Å². The normalized spacial score (nSPS) is 12.9.